The highest BCUT2D eigenvalue weighted by Gasteiger charge is 2.00. The van der Waals surface area contributed by atoms with Gasteiger partial charge in [-0.3, -0.25) is 0 Å². The summed E-state index contributed by atoms with van der Waals surface area (Å²) in [4.78, 5) is 0. The second-order valence-electron chi connectivity index (χ2n) is 4.62. The Balaban J connectivity index is 2.25. The third-order valence-electron chi connectivity index (χ3n) is 2.47. The van der Waals surface area contributed by atoms with E-state index in [2.05, 4.69) is 39.6 Å². The van der Waals surface area contributed by atoms with Gasteiger partial charge in [0.15, 0.2) is 5.11 Å². The summed E-state index contributed by atoms with van der Waals surface area (Å²) in [7, 11) is 0. The van der Waals surface area contributed by atoms with E-state index >= 15 is 0 Å². The molecule has 2 N–H and O–H groups in total. The number of aryl methyl sites for hydroxylation is 1. The van der Waals surface area contributed by atoms with Crippen LogP contribution in [0.2, 0.25) is 0 Å². The zero-order chi connectivity index (χ0) is 14.3. The molecule has 1 aromatic carbocycles. The molecule has 0 amide bonds. The summed E-state index contributed by atoms with van der Waals surface area (Å²) in [5.74, 6) is 0. The summed E-state index contributed by atoms with van der Waals surface area (Å²) in [6, 6.07) is 6.06. The van der Waals surface area contributed by atoms with Crippen molar-refractivity contribution in [3.63, 3.8) is 0 Å². The van der Waals surface area contributed by atoms with Gasteiger partial charge in [-0.2, -0.15) is 0 Å². The van der Waals surface area contributed by atoms with Crippen LogP contribution < -0.4 is 10.6 Å². The molecule has 0 aromatic heterocycles. The molecule has 0 spiro atoms. The van der Waals surface area contributed by atoms with Crippen molar-refractivity contribution < 1.29 is 4.74 Å². The molecule has 0 aliphatic carbocycles. The Morgan fingerprint density at radius 3 is 2.79 bits per heavy atom. The second kappa shape index (κ2) is 8.51. The highest BCUT2D eigenvalue weighted by Crippen LogP contribution is 2.19. The predicted octanol–water partition coefficient (Wildman–Crippen LogP) is 3.86. The van der Waals surface area contributed by atoms with E-state index in [-0.39, 0.29) is 6.10 Å². The average molecular weight is 345 g/mol. The fourth-order valence-corrected chi connectivity index (χ4v) is 1.96. The molecule has 0 saturated heterocycles. The van der Waals surface area contributed by atoms with Crippen molar-refractivity contribution in [2.45, 2.75) is 33.3 Å². The van der Waals surface area contributed by atoms with Crippen LogP contribution in [0, 0.1) is 6.92 Å². The monoisotopic (exact) mass is 344 g/mol. The van der Waals surface area contributed by atoms with Gasteiger partial charge in [0.1, 0.15) is 0 Å². The van der Waals surface area contributed by atoms with Crippen molar-refractivity contribution in [3.8, 4) is 0 Å². The molecule has 1 rings (SSSR count). The number of hydrogen-bond acceptors (Lipinski definition) is 2. The molecule has 1 aromatic rings. The largest absolute Gasteiger partial charge is 0.379 e. The topological polar surface area (TPSA) is 33.3 Å². The summed E-state index contributed by atoms with van der Waals surface area (Å²) in [6.45, 7) is 7.69. The lowest BCUT2D eigenvalue weighted by molar-refractivity contribution is 0.0777. The van der Waals surface area contributed by atoms with Crippen molar-refractivity contribution in [1.82, 2.24) is 5.32 Å². The highest BCUT2D eigenvalue weighted by molar-refractivity contribution is 9.10. The molecule has 0 bridgehead atoms. The van der Waals surface area contributed by atoms with Crippen LogP contribution in [-0.2, 0) is 4.74 Å². The second-order valence-corrected chi connectivity index (χ2v) is 5.88. The minimum absolute atomic E-state index is 0.288. The normalized spacial score (nSPS) is 10.6. The molecule has 5 heteroatoms. The first-order chi connectivity index (χ1) is 8.99. The van der Waals surface area contributed by atoms with Crippen LogP contribution in [-0.4, -0.2) is 24.4 Å². The third kappa shape index (κ3) is 6.89. The first-order valence-electron chi connectivity index (χ1n) is 6.41. The van der Waals surface area contributed by atoms with E-state index in [1.807, 2.05) is 26.0 Å². The fourth-order valence-electron chi connectivity index (χ4n) is 1.49. The average Bonchev–Trinajstić information content (AvgIpc) is 2.33. The van der Waals surface area contributed by atoms with Gasteiger partial charge in [0.05, 0.1) is 6.10 Å². The van der Waals surface area contributed by atoms with Gasteiger partial charge >= 0.3 is 0 Å². The lowest BCUT2D eigenvalue weighted by Gasteiger charge is -2.12. The molecule has 0 radical (unpaired) electrons. The van der Waals surface area contributed by atoms with Crippen LogP contribution in [0.5, 0.6) is 0 Å². The van der Waals surface area contributed by atoms with Gasteiger partial charge in [-0.15, -0.1) is 0 Å². The Bertz CT molecular complexity index is 424. The van der Waals surface area contributed by atoms with E-state index in [9.17, 15) is 0 Å². The minimum Gasteiger partial charge on any atom is -0.379 e. The Morgan fingerprint density at radius 1 is 1.42 bits per heavy atom. The van der Waals surface area contributed by atoms with Crippen molar-refractivity contribution >= 4 is 38.9 Å². The summed E-state index contributed by atoms with van der Waals surface area (Å²) >= 11 is 8.71. The quantitative estimate of drug-likeness (QED) is 0.606. The maximum Gasteiger partial charge on any atom is 0.170 e. The molecule has 0 fully saturated rings. The first-order valence-corrected chi connectivity index (χ1v) is 7.62. The maximum absolute atomic E-state index is 5.46. The summed E-state index contributed by atoms with van der Waals surface area (Å²) in [6.07, 6.45) is 1.23. The number of halogens is 1. The smallest absolute Gasteiger partial charge is 0.170 e. The standard InChI is InChI=1S/C14H21BrN2OS/c1-10(2)18-8-4-7-16-14(19)17-12-5-6-13(15)11(3)9-12/h5-6,9-10H,4,7-8H2,1-3H3,(H2,16,17,19). The van der Waals surface area contributed by atoms with Crippen LogP contribution in [0.25, 0.3) is 0 Å². The Kier molecular flexibility index (Phi) is 7.34. The summed E-state index contributed by atoms with van der Waals surface area (Å²) in [5.41, 5.74) is 2.18. The summed E-state index contributed by atoms with van der Waals surface area (Å²) < 4.78 is 6.56. The van der Waals surface area contributed by atoms with Gasteiger partial charge < -0.3 is 15.4 Å². The molecule has 19 heavy (non-hydrogen) atoms. The Morgan fingerprint density at radius 2 is 2.16 bits per heavy atom. The fraction of sp³-hybridized carbons (Fsp3) is 0.500. The van der Waals surface area contributed by atoms with Crippen molar-refractivity contribution in [3.05, 3.63) is 28.2 Å². The molecule has 0 atom stereocenters. The first kappa shape index (κ1) is 16.4. The summed E-state index contributed by atoms with van der Waals surface area (Å²) in [5, 5.41) is 6.98. The number of anilines is 1. The van der Waals surface area contributed by atoms with Gasteiger partial charge in [0, 0.05) is 23.3 Å². The predicted molar refractivity (Wildman–Crippen MR) is 88.8 cm³/mol. The molecule has 0 heterocycles. The number of ether oxygens (including phenoxy) is 1. The van der Waals surface area contributed by atoms with E-state index in [0.717, 1.165) is 29.7 Å². The van der Waals surface area contributed by atoms with E-state index in [0.29, 0.717) is 5.11 Å². The number of rotatable bonds is 6. The molecule has 0 aliphatic rings. The Hall–Kier alpha value is -0.650. The van der Waals surface area contributed by atoms with E-state index in [4.69, 9.17) is 17.0 Å². The minimum atomic E-state index is 0.288. The molecule has 0 saturated carbocycles. The van der Waals surface area contributed by atoms with Crippen molar-refractivity contribution in [1.29, 1.82) is 0 Å². The molecule has 0 aliphatic heterocycles. The van der Waals surface area contributed by atoms with Crippen molar-refractivity contribution in [2.75, 3.05) is 18.5 Å². The number of thiocarbonyl (C=S) groups is 1. The van der Waals surface area contributed by atoms with E-state index in [1.54, 1.807) is 0 Å². The number of hydrogen-bond donors (Lipinski definition) is 2. The lowest BCUT2D eigenvalue weighted by Crippen LogP contribution is -2.30. The molecule has 106 valence electrons. The zero-order valence-corrected chi connectivity index (χ0v) is 14.0. The van der Waals surface area contributed by atoms with Crippen molar-refractivity contribution in [2.24, 2.45) is 0 Å². The molecule has 0 unspecified atom stereocenters. The number of nitrogens with one attached hydrogen (secondary N) is 2. The van der Waals surface area contributed by atoms with Gasteiger partial charge in [0.25, 0.3) is 0 Å². The van der Waals surface area contributed by atoms with Gasteiger partial charge in [-0.1, -0.05) is 15.9 Å². The highest BCUT2D eigenvalue weighted by atomic mass is 79.9. The molecule has 3 nitrogen and oxygen atoms in total. The third-order valence-corrected chi connectivity index (χ3v) is 3.61. The molecular weight excluding hydrogens is 324 g/mol. The van der Waals surface area contributed by atoms with E-state index < -0.39 is 0 Å². The number of benzene rings is 1. The van der Waals surface area contributed by atoms with Crippen LogP contribution in [0.4, 0.5) is 5.69 Å². The zero-order valence-electron chi connectivity index (χ0n) is 11.6. The SMILES string of the molecule is Cc1cc(NC(=S)NCCCOC(C)C)ccc1Br. The maximum atomic E-state index is 5.46. The van der Waals surface area contributed by atoms with Gasteiger partial charge in [-0.25, -0.2) is 0 Å². The van der Waals surface area contributed by atoms with Gasteiger partial charge in [0.2, 0.25) is 0 Å². The van der Waals surface area contributed by atoms with Crippen LogP contribution in [0.1, 0.15) is 25.8 Å². The van der Waals surface area contributed by atoms with Crippen LogP contribution in [0.15, 0.2) is 22.7 Å². The van der Waals surface area contributed by atoms with Gasteiger partial charge in [-0.05, 0) is 63.2 Å². The Labute approximate surface area is 129 Å². The van der Waals surface area contributed by atoms with Crippen LogP contribution in [0.3, 0.4) is 0 Å². The van der Waals surface area contributed by atoms with E-state index in [1.165, 1.54) is 5.56 Å². The lowest BCUT2D eigenvalue weighted by atomic mass is 10.2. The molecular formula is C14H21BrN2OS. The van der Waals surface area contributed by atoms with Crippen LogP contribution >= 0.6 is 28.1 Å².